The normalized spacial score (nSPS) is 17.0. The highest BCUT2D eigenvalue weighted by molar-refractivity contribution is 7.94. The molecule has 10 heteroatoms. The molecule has 8 nitrogen and oxygen atoms in total. The van der Waals surface area contributed by atoms with Gasteiger partial charge in [0.05, 0.1) is 21.8 Å². The van der Waals surface area contributed by atoms with Crippen molar-refractivity contribution in [1.82, 2.24) is 0 Å². The number of amides is 1. The van der Waals surface area contributed by atoms with Gasteiger partial charge in [0.2, 0.25) is 15.9 Å². The summed E-state index contributed by atoms with van der Waals surface area (Å²) in [4.78, 5) is 12.4. The molecule has 1 aliphatic rings. The summed E-state index contributed by atoms with van der Waals surface area (Å²) in [5.74, 6) is 0.361. The summed E-state index contributed by atoms with van der Waals surface area (Å²) >= 11 is 0. The predicted octanol–water partition coefficient (Wildman–Crippen LogP) is 3.98. The van der Waals surface area contributed by atoms with Crippen LogP contribution in [0.15, 0.2) is 83.8 Å². The fraction of sp³-hybridized carbons (Fsp3) is 0.174. The van der Waals surface area contributed by atoms with E-state index in [9.17, 15) is 21.6 Å². The summed E-state index contributed by atoms with van der Waals surface area (Å²) in [6, 6.07) is 20.7. The zero-order valence-corrected chi connectivity index (χ0v) is 19.6. The van der Waals surface area contributed by atoms with E-state index >= 15 is 0 Å². The van der Waals surface area contributed by atoms with Crippen LogP contribution in [0.2, 0.25) is 0 Å². The van der Waals surface area contributed by atoms with Crippen LogP contribution in [0, 0.1) is 5.41 Å². The van der Waals surface area contributed by atoms with E-state index in [1.807, 2.05) is 30.3 Å². The molecule has 33 heavy (non-hydrogen) atoms. The number of nitrogens with one attached hydrogen (secondary N) is 1. The first-order chi connectivity index (χ1) is 15.5. The number of nitrogens with zero attached hydrogens (tertiary/aromatic N) is 1. The van der Waals surface area contributed by atoms with Crippen LogP contribution in [0.1, 0.15) is 13.8 Å². The van der Waals surface area contributed by atoms with E-state index in [4.69, 9.17) is 4.74 Å². The van der Waals surface area contributed by atoms with Gasteiger partial charge in [-0.2, -0.15) is 0 Å². The third-order valence-electron chi connectivity index (χ3n) is 5.05. The maximum atomic E-state index is 12.8. The van der Waals surface area contributed by atoms with E-state index in [2.05, 4.69) is 4.72 Å². The topological polar surface area (TPSA) is 110 Å². The number of hydrogen-bond acceptors (Lipinski definition) is 6. The van der Waals surface area contributed by atoms with Gasteiger partial charge < -0.3 is 4.74 Å². The monoisotopic (exact) mass is 486 g/mol. The van der Waals surface area contributed by atoms with Gasteiger partial charge in [0, 0.05) is 5.69 Å². The van der Waals surface area contributed by atoms with E-state index in [0.29, 0.717) is 17.2 Å². The largest absolute Gasteiger partial charge is 0.457 e. The molecule has 1 fully saturated rings. The van der Waals surface area contributed by atoms with Crippen molar-refractivity contribution in [2.24, 2.45) is 5.41 Å². The van der Waals surface area contributed by atoms with Crippen molar-refractivity contribution in [2.75, 3.05) is 14.8 Å². The number of carbonyl (C=O) groups is 1. The molecule has 1 heterocycles. The Hall–Kier alpha value is -3.37. The molecular formula is C23H22N2O6S2. The van der Waals surface area contributed by atoms with Gasteiger partial charge in [0.25, 0.3) is 10.0 Å². The first-order valence-electron chi connectivity index (χ1n) is 10.0. The van der Waals surface area contributed by atoms with Gasteiger partial charge in [-0.05, 0) is 74.5 Å². The molecule has 0 aromatic heterocycles. The second-order valence-electron chi connectivity index (χ2n) is 8.25. The highest BCUT2D eigenvalue weighted by Gasteiger charge is 2.49. The van der Waals surface area contributed by atoms with E-state index in [1.165, 1.54) is 24.3 Å². The lowest BCUT2D eigenvalue weighted by Crippen LogP contribution is -2.32. The third kappa shape index (κ3) is 4.71. The number of carbonyl (C=O) groups excluding carboxylic acids is 1. The Kier molecular flexibility index (Phi) is 5.67. The van der Waals surface area contributed by atoms with Crippen molar-refractivity contribution < 1.29 is 26.4 Å². The lowest BCUT2D eigenvalue weighted by Gasteiger charge is -2.17. The molecule has 3 aromatic rings. The van der Waals surface area contributed by atoms with E-state index in [0.717, 1.165) is 4.31 Å². The zero-order valence-electron chi connectivity index (χ0n) is 17.9. The maximum absolute atomic E-state index is 12.8. The fourth-order valence-corrected chi connectivity index (χ4v) is 6.62. The van der Waals surface area contributed by atoms with Crippen LogP contribution >= 0.6 is 0 Å². The molecule has 0 radical (unpaired) electrons. The van der Waals surface area contributed by atoms with Crippen molar-refractivity contribution in [3.63, 3.8) is 0 Å². The van der Waals surface area contributed by atoms with Gasteiger partial charge in [0.15, 0.2) is 0 Å². The Morgan fingerprint density at radius 1 is 0.879 bits per heavy atom. The third-order valence-corrected chi connectivity index (χ3v) is 8.47. The van der Waals surface area contributed by atoms with E-state index in [1.54, 1.807) is 38.1 Å². The molecule has 1 saturated heterocycles. The average Bonchev–Trinajstić information content (AvgIpc) is 2.92. The van der Waals surface area contributed by atoms with Crippen molar-refractivity contribution >= 4 is 37.3 Å². The molecule has 0 spiro atoms. The summed E-state index contributed by atoms with van der Waals surface area (Å²) < 4.78 is 59.3. The Bertz CT molecular complexity index is 1380. The van der Waals surface area contributed by atoms with Crippen LogP contribution in [-0.2, 0) is 24.8 Å². The molecule has 172 valence electrons. The number of anilines is 2. The number of hydrogen-bond donors (Lipinski definition) is 1. The summed E-state index contributed by atoms with van der Waals surface area (Å²) in [7, 11) is -7.75. The summed E-state index contributed by atoms with van der Waals surface area (Å²) in [6.45, 7) is 3.12. The number of rotatable bonds is 6. The van der Waals surface area contributed by atoms with Crippen LogP contribution in [0.3, 0.4) is 0 Å². The molecule has 0 bridgehead atoms. The Labute approximate surface area is 192 Å². The Morgan fingerprint density at radius 3 is 2.00 bits per heavy atom. The van der Waals surface area contributed by atoms with E-state index in [-0.39, 0.29) is 16.3 Å². The summed E-state index contributed by atoms with van der Waals surface area (Å²) in [5, 5.41) is 0. The van der Waals surface area contributed by atoms with Gasteiger partial charge in [-0.15, -0.1) is 0 Å². The molecule has 1 amide bonds. The Balaban J connectivity index is 1.50. The SMILES string of the molecule is CC1(C)CS(=O)(=O)N(c2ccc(S(=O)(=O)Nc3ccc(Oc4ccccc4)cc3)cc2)C1=O. The van der Waals surface area contributed by atoms with Crippen molar-refractivity contribution in [3.8, 4) is 11.5 Å². The van der Waals surface area contributed by atoms with Crippen LogP contribution in [0.25, 0.3) is 0 Å². The standard InChI is InChI=1S/C23H22N2O6S2/c1-23(2)16-32(27,28)25(22(23)26)18-10-14-21(15-11-18)33(29,30)24-17-8-12-20(13-9-17)31-19-6-4-3-5-7-19/h3-15,24H,16H2,1-2H3. The second-order valence-corrected chi connectivity index (χ2v) is 11.7. The van der Waals surface area contributed by atoms with Crippen molar-refractivity contribution in [2.45, 2.75) is 18.7 Å². The Morgan fingerprint density at radius 2 is 1.45 bits per heavy atom. The number of benzene rings is 3. The molecule has 3 aromatic carbocycles. The molecule has 1 aliphatic heterocycles. The molecule has 0 unspecified atom stereocenters. The van der Waals surface area contributed by atoms with Gasteiger partial charge in [-0.3, -0.25) is 9.52 Å². The van der Waals surface area contributed by atoms with Gasteiger partial charge >= 0.3 is 0 Å². The highest BCUT2D eigenvalue weighted by Crippen LogP contribution is 2.36. The van der Waals surface area contributed by atoms with Crippen LogP contribution in [0.4, 0.5) is 11.4 Å². The fourth-order valence-electron chi connectivity index (χ4n) is 3.45. The van der Waals surface area contributed by atoms with Gasteiger partial charge in [-0.25, -0.2) is 21.1 Å². The van der Waals surface area contributed by atoms with Crippen molar-refractivity contribution in [1.29, 1.82) is 0 Å². The highest BCUT2D eigenvalue weighted by atomic mass is 32.2. The minimum Gasteiger partial charge on any atom is -0.457 e. The second kappa shape index (κ2) is 8.20. The minimum atomic E-state index is -3.93. The molecule has 1 N–H and O–H groups in total. The van der Waals surface area contributed by atoms with Gasteiger partial charge in [0.1, 0.15) is 11.5 Å². The predicted molar refractivity (Wildman–Crippen MR) is 125 cm³/mol. The minimum absolute atomic E-state index is 0.0702. The number of ether oxygens (including phenoxy) is 1. The van der Waals surface area contributed by atoms with Crippen LogP contribution < -0.4 is 13.8 Å². The average molecular weight is 487 g/mol. The van der Waals surface area contributed by atoms with Crippen LogP contribution in [0.5, 0.6) is 11.5 Å². The zero-order chi connectivity index (χ0) is 23.9. The number of sulfonamides is 2. The quantitative estimate of drug-likeness (QED) is 0.564. The van der Waals surface area contributed by atoms with Crippen LogP contribution in [-0.4, -0.2) is 28.5 Å². The lowest BCUT2D eigenvalue weighted by atomic mass is 9.95. The number of para-hydroxylation sites is 1. The first-order valence-corrected chi connectivity index (χ1v) is 13.1. The summed E-state index contributed by atoms with van der Waals surface area (Å²) in [5.41, 5.74) is -0.605. The van der Waals surface area contributed by atoms with Crippen molar-refractivity contribution in [3.05, 3.63) is 78.9 Å². The molecule has 4 rings (SSSR count). The maximum Gasteiger partial charge on any atom is 0.261 e. The first kappa shape index (κ1) is 22.8. The molecule has 0 aliphatic carbocycles. The smallest absolute Gasteiger partial charge is 0.261 e. The van der Waals surface area contributed by atoms with E-state index < -0.39 is 31.4 Å². The molecule has 0 atom stereocenters. The lowest BCUT2D eigenvalue weighted by molar-refractivity contribution is -0.123. The molecular weight excluding hydrogens is 464 g/mol. The summed E-state index contributed by atoms with van der Waals surface area (Å²) in [6.07, 6.45) is 0. The van der Waals surface area contributed by atoms with Gasteiger partial charge in [-0.1, -0.05) is 18.2 Å². The molecule has 0 saturated carbocycles.